The third kappa shape index (κ3) is 8.47. The van der Waals surface area contributed by atoms with Gasteiger partial charge in [0.1, 0.15) is 15.2 Å². The first-order valence-electron chi connectivity index (χ1n) is 13.6. The number of nitrogens with zero attached hydrogens (tertiary/aromatic N) is 1. The highest BCUT2D eigenvalue weighted by Crippen LogP contribution is 2.36. The Morgan fingerprint density at radius 2 is 1.80 bits per heavy atom. The average Bonchev–Trinajstić information content (AvgIpc) is 3.69. The van der Waals surface area contributed by atoms with Crippen molar-refractivity contribution in [3.63, 3.8) is 0 Å². The molecule has 3 heterocycles. The van der Waals surface area contributed by atoms with Crippen molar-refractivity contribution in [1.29, 1.82) is 0 Å². The van der Waals surface area contributed by atoms with E-state index in [0.717, 1.165) is 52.2 Å². The number of amides is 1. The van der Waals surface area contributed by atoms with Crippen molar-refractivity contribution in [3.8, 4) is 0 Å². The van der Waals surface area contributed by atoms with Crippen molar-refractivity contribution in [2.45, 2.75) is 36.8 Å². The summed E-state index contributed by atoms with van der Waals surface area (Å²) in [6, 6.07) is 18.1. The molecule has 8 heteroatoms. The molecule has 5 N–H and O–H groups in total. The van der Waals surface area contributed by atoms with Crippen molar-refractivity contribution in [2.75, 3.05) is 20.1 Å². The first-order chi connectivity index (χ1) is 19.9. The van der Waals surface area contributed by atoms with Crippen molar-refractivity contribution in [2.24, 2.45) is 11.5 Å². The molecule has 2 aromatic heterocycles. The van der Waals surface area contributed by atoms with Crippen LogP contribution in [-0.4, -0.2) is 39.5 Å². The molecule has 1 aliphatic rings. The summed E-state index contributed by atoms with van der Waals surface area (Å²) in [7, 11) is 0.410. The number of rotatable bonds is 7. The Labute approximate surface area is 250 Å². The lowest BCUT2D eigenvalue weighted by Gasteiger charge is -2.30. The number of carbonyl (C=O) groups excluding carboxylic acids is 1. The summed E-state index contributed by atoms with van der Waals surface area (Å²) in [6.45, 7) is 9.34. The van der Waals surface area contributed by atoms with Crippen LogP contribution in [0.1, 0.15) is 52.7 Å². The van der Waals surface area contributed by atoms with Gasteiger partial charge in [0, 0.05) is 24.7 Å². The molecule has 41 heavy (non-hydrogen) atoms. The van der Waals surface area contributed by atoms with Gasteiger partial charge >= 0.3 is 0 Å². The molecule has 2 aromatic carbocycles. The van der Waals surface area contributed by atoms with Gasteiger partial charge in [0.15, 0.2) is 0 Å². The fourth-order valence-electron chi connectivity index (χ4n) is 4.74. The largest absolute Gasteiger partial charge is 0.366 e. The van der Waals surface area contributed by atoms with E-state index in [0.29, 0.717) is 11.5 Å². The third-order valence-corrected chi connectivity index (χ3v) is 9.56. The normalized spacial score (nSPS) is 15.1. The van der Waals surface area contributed by atoms with Gasteiger partial charge in [0.2, 0.25) is 0 Å². The van der Waals surface area contributed by atoms with E-state index in [1.165, 1.54) is 29.5 Å². The highest BCUT2D eigenvalue weighted by molar-refractivity contribution is 7.85. The van der Waals surface area contributed by atoms with Gasteiger partial charge in [-0.15, -0.1) is 11.3 Å². The molecule has 5 rings (SSSR count). The fourth-order valence-corrected chi connectivity index (χ4v) is 7.00. The number of hydrogen-bond acceptors (Lipinski definition) is 4. The maximum atomic E-state index is 12.8. The number of H-pyrrole nitrogens is 1. The number of hydrogen-bond donors (Lipinski definition) is 3. The molecule has 4 aromatic rings. The number of aromatic amines is 1. The second-order valence-electron chi connectivity index (χ2n) is 9.56. The van der Waals surface area contributed by atoms with Crippen molar-refractivity contribution < 1.29 is 9.00 Å². The molecule has 0 spiro atoms. The second kappa shape index (κ2) is 16.0. The molecule has 1 amide bonds. The van der Waals surface area contributed by atoms with Crippen LogP contribution in [0, 0.1) is 6.92 Å². The number of primary amides is 1. The van der Waals surface area contributed by atoms with E-state index < -0.39 is 16.9 Å². The summed E-state index contributed by atoms with van der Waals surface area (Å²) in [4.78, 5) is 15.5. The van der Waals surface area contributed by atoms with Gasteiger partial charge in [-0.2, -0.15) is 0 Å². The SMILES string of the molecule is C=C/C=C\C=C(/C)c1cc(C(N)=O)c2[nH]cc(C3CCN(S(=O)c4cccs4)CC3)c2c1.CN.Cc1ccccc1. The van der Waals surface area contributed by atoms with E-state index in [4.69, 9.17) is 5.73 Å². The maximum Gasteiger partial charge on any atom is 0.250 e. The molecule has 0 bridgehead atoms. The van der Waals surface area contributed by atoms with Gasteiger partial charge in [0.25, 0.3) is 5.91 Å². The predicted molar refractivity (Wildman–Crippen MR) is 175 cm³/mol. The number of nitrogens with two attached hydrogens (primary N) is 2. The third-order valence-electron chi connectivity index (χ3n) is 6.87. The van der Waals surface area contributed by atoms with Gasteiger partial charge in [-0.3, -0.25) is 4.79 Å². The van der Waals surface area contributed by atoms with E-state index in [-0.39, 0.29) is 0 Å². The van der Waals surface area contributed by atoms with Gasteiger partial charge in [-0.25, -0.2) is 8.51 Å². The summed E-state index contributed by atoms with van der Waals surface area (Å²) in [6.07, 6.45) is 11.4. The number of fused-ring (bicyclic) bond motifs is 1. The van der Waals surface area contributed by atoms with Crippen LogP contribution in [0.15, 0.2) is 101 Å². The standard InChI is InChI=1S/C25H27N3O2S2.C7H8.CH5N/c1-3-4-5-7-17(2)19-14-20-22(16-27-24(20)21(15-19)25(26)29)18-9-11-28(12-10-18)32(30)23-8-6-13-31-23;1-7-5-3-2-4-6-7;1-2/h3-8,13-16,18,27H,1,9-12H2,2H3,(H2,26,29);2-6H,1H3;2H2,1H3/b5-4-,17-7+;;. The number of nitrogens with one attached hydrogen (secondary N) is 1. The minimum absolute atomic E-state index is 0.334. The first kappa shape index (κ1) is 32.0. The minimum atomic E-state index is -1.09. The average molecular weight is 589 g/mol. The Hall–Kier alpha value is -3.56. The van der Waals surface area contributed by atoms with Crippen LogP contribution in [-0.2, 0) is 11.0 Å². The van der Waals surface area contributed by atoms with Crippen LogP contribution in [0.2, 0.25) is 0 Å². The number of carbonyl (C=O) groups is 1. The lowest BCUT2D eigenvalue weighted by Crippen LogP contribution is -2.34. The van der Waals surface area contributed by atoms with E-state index in [1.54, 1.807) is 6.08 Å². The van der Waals surface area contributed by atoms with Gasteiger partial charge in [0.05, 0.1) is 11.1 Å². The predicted octanol–water partition coefficient (Wildman–Crippen LogP) is 6.95. The smallest absolute Gasteiger partial charge is 0.250 e. The Bertz CT molecular complexity index is 1500. The second-order valence-corrected chi connectivity index (χ2v) is 12.2. The molecule has 0 saturated carbocycles. The molecule has 1 aliphatic heterocycles. The van der Waals surface area contributed by atoms with Crippen molar-refractivity contribution in [1.82, 2.24) is 9.29 Å². The topological polar surface area (TPSA) is 105 Å². The molecule has 1 unspecified atom stereocenters. The van der Waals surface area contributed by atoms with Crippen LogP contribution in [0.25, 0.3) is 16.5 Å². The highest BCUT2D eigenvalue weighted by Gasteiger charge is 2.27. The Morgan fingerprint density at radius 1 is 1.10 bits per heavy atom. The molecule has 1 saturated heterocycles. The van der Waals surface area contributed by atoms with Crippen LogP contribution in [0.5, 0.6) is 0 Å². The maximum absolute atomic E-state index is 12.8. The summed E-state index contributed by atoms with van der Waals surface area (Å²) >= 11 is 1.53. The molecule has 0 aliphatic carbocycles. The minimum Gasteiger partial charge on any atom is -0.366 e. The summed E-state index contributed by atoms with van der Waals surface area (Å²) in [5.74, 6) is -0.109. The number of thiophene rings is 1. The van der Waals surface area contributed by atoms with Gasteiger partial charge < -0.3 is 16.5 Å². The van der Waals surface area contributed by atoms with Crippen molar-refractivity contribution in [3.05, 3.63) is 119 Å². The van der Waals surface area contributed by atoms with Gasteiger partial charge in [-0.1, -0.05) is 72.8 Å². The monoisotopic (exact) mass is 588 g/mol. The molecule has 1 fully saturated rings. The molecular formula is C33H40N4O2S2. The highest BCUT2D eigenvalue weighted by atomic mass is 32.2. The number of benzene rings is 2. The molecule has 0 radical (unpaired) electrons. The number of allylic oxidation sites excluding steroid dienone is 5. The zero-order valence-electron chi connectivity index (χ0n) is 24.0. The first-order valence-corrected chi connectivity index (χ1v) is 15.6. The van der Waals surface area contributed by atoms with Gasteiger partial charge in [-0.05, 0) is 79.9 Å². The molecule has 216 valence electrons. The lowest BCUT2D eigenvalue weighted by molar-refractivity contribution is 0.100. The number of aromatic nitrogens is 1. The van der Waals surface area contributed by atoms with E-state index in [1.807, 2.05) is 73.1 Å². The van der Waals surface area contributed by atoms with E-state index in [2.05, 4.69) is 46.7 Å². The summed E-state index contributed by atoms with van der Waals surface area (Å²) < 4.78 is 15.7. The van der Waals surface area contributed by atoms with E-state index in [9.17, 15) is 9.00 Å². The lowest BCUT2D eigenvalue weighted by atomic mass is 9.88. The Kier molecular flexibility index (Phi) is 12.5. The summed E-state index contributed by atoms with van der Waals surface area (Å²) in [5.41, 5.74) is 16.0. The van der Waals surface area contributed by atoms with Crippen LogP contribution in [0.4, 0.5) is 0 Å². The Balaban J connectivity index is 0.000000443. The zero-order valence-corrected chi connectivity index (χ0v) is 25.6. The fraction of sp³-hybridized carbons (Fsp3) is 0.242. The van der Waals surface area contributed by atoms with Crippen LogP contribution >= 0.6 is 11.3 Å². The summed E-state index contributed by atoms with van der Waals surface area (Å²) in [5, 5.41) is 3.00. The number of aryl methyl sites for hydroxylation is 1. The van der Waals surface area contributed by atoms with Crippen molar-refractivity contribution >= 4 is 44.7 Å². The number of piperidine rings is 1. The van der Waals surface area contributed by atoms with Crippen LogP contribution < -0.4 is 11.5 Å². The van der Waals surface area contributed by atoms with E-state index >= 15 is 0 Å². The molecule has 1 atom stereocenters. The zero-order chi connectivity index (χ0) is 29.8. The quantitative estimate of drug-likeness (QED) is 0.204. The van der Waals surface area contributed by atoms with Crippen LogP contribution in [0.3, 0.4) is 0 Å². The molecule has 6 nitrogen and oxygen atoms in total. The molecular weight excluding hydrogens is 549 g/mol. The Morgan fingerprint density at radius 3 is 2.37 bits per heavy atom.